The number of esters is 1. The quantitative estimate of drug-likeness (QED) is 0.606. The number of rotatable bonds is 7. The number of epoxide rings is 1. The van der Waals surface area contributed by atoms with Crippen LogP contribution in [0.25, 0.3) is 11.1 Å². The first kappa shape index (κ1) is 18.6. The minimum absolute atomic E-state index is 0.130. The third-order valence-corrected chi connectivity index (χ3v) is 4.97. The van der Waals surface area contributed by atoms with E-state index in [1.54, 1.807) is 19.9 Å². The fourth-order valence-corrected chi connectivity index (χ4v) is 3.21. The average Bonchev–Trinajstić information content (AvgIpc) is 3.40. The monoisotopic (exact) mass is 354 g/mol. The van der Waals surface area contributed by atoms with Gasteiger partial charge in [-0.2, -0.15) is 0 Å². The Morgan fingerprint density at radius 2 is 1.85 bits per heavy atom. The van der Waals surface area contributed by atoms with E-state index in [-0.39, 0.29) is 30.2 Å². The first-order valence-electron chi connectivity index (χ1n) is 9.19. The van der Waals surface area contributed by atoms with Crippen LogP contribution < -0.4 is 0 Å². The lowest BCUT2D eigenvalue weighted by Crippen LogP contribution is -2.20. The van der Waals surface area contributed by atoms with Gasteiger partial charge in [-0.1, -0.05) is 43.3 Å². The number of aliphatic hydroxyl groups excluding tert-OH is 1. The molecule has 1 N–H and O–H groups in total. The molecule has 4 heteroatoms. The highest BCUT2D eigenvalue weighted by molar-refractivity contribution is 5.91. The van der Waals surface area contributed by atoms with Gasteiger partial charge in [0.05, 0.1) is 30.5 Å². The zero-order chi connectivity index (χ0) is 18.7. The summed E-state index contributed by atoms with van der Waals surface area (Å²) in [5.74, 6) is -0.156. The molecule has 2 aromatic carbocycles. The molecule has 0 bridgehead atoms. The highest BCUT2D eigenvalue weighted by atomic mass is 16.6. The van der Waals surface area contributed by atoms with Crippen molar-refractivity contribution in [2.45, 2.75) is 45.5 Å². The summed E-state index contributed by atoms with van der Waals surface area (Å²) in [5, 5.41) is 9.70. The van der Waals surface area contributed by atoms with E-state index in [1.807, 2.05) is 37.3 Å². The van der Waals surface area contributed by atoms with Crippen LogP contribution in [0.3, 0.4) is 0 Å². The minimum atomic E-state index is -0.359. The molecular weight excluding hydrogens is 328 g/mol. The lowest BCUT2D eigenvalue weighted by molar-refractivity contribution is 0.0526. The molecule has 3 rings (SSSR count). The third kappa shape index (κ3) is 4.32. The van der Waals surface area contributed by atoms with Gasteiger partial charge in [-0.3, -0.25) is 0 Å². The van der Waals surface area contributed by atoms with Gasteiger partial charge < -0.3 is 14.6 Å². The molecule has 1 aliphatic heterocycles. The highest BCUT2D eigenvalue weighted by Crippen LogP contribution is 2.34. The first-order chi connectivity index (χ1) is 12.5. The van der Waals surface area contributed by atoms with Crippen molar-refractivity contribution in [3.63, 3.8) is 0 Å². The Morgan fingerprint density at radius 1 is 1.15 bits per heavy atom. The molecule has 0 aliphatic carbocycles. The Hall–Kier alpha value is -2.17. The van der Waals surface area contributed by atoms with Crippen LogP contribution in [-0.4, -0.2) is 36.0 Å². The van der Waals surface area contributed by atoms with Crippen LogP contribution in [0, 0.1) is 5.92 Å². The molecule has 2 aromatic rings. The third-order valence-electron chi connectivity index (χ3n) is 4.97. The van der Waals surface area contributed by atoms with Gasteiger partial charge in [-0.25, -0.2) is 4.79 Å². The second-order valence-corrected chi connectivity index (χ2v) is 6.94. The van der Waals surface area contributed by atoms with Crippen LogP contribution in [-0.2, 0) is 15.9 Å². The summed E-state index contributed by atoms with van der Waals surface area (Å²) in [6.07, 6.45) is 0.765. The average molecular weight is 354 g/mol. The maximum atomic E-state index is 11.9. The summed E-state index contributed by atoms with van der Waals surface area (Å²) in [5.41, 5.74) is 3.80. The van der Waals surface area contributed by atoms with Crippen molar-refractivity contribution >= 4 is 5.97 Å². The Kier molecular flexibility index (Phi) is 5.74. The molecule has 4 nitrogen and oxygen atoms in total. The Bertz CT molecular complexity index is 768. The van der Waals surface area contributed by atoms with Crippen LogP contribution in [0.15, 0.2) is 48.5 Å². The number of hydrogen-bond donors (Lipinski definition) is 1. The van der Waals surface area contributed by atoms with Gasteiger partial charge in [-0.05, 0) is 42.7 Å². The van der Waals surface area contributed by atoms with Crippen molar-refractivity contribution in [3.8, 4) is 11.1 Å². The van der Waals surface area contributed by atoms with E-state index in [0.717, 1.165) is 17.5 Å². The lowest BCUT2D eigenvalue weighted by atomic mass is 9.95. The molecule has 0 aromatic heterocycles. The highest BCUT2D eigenvalue weighted by Gasteiger charge is 2.44. The molecule has 4 atom stereocenters. The zero-order valence-corrected chi connectivity index (χ0v) is 15.5. The number of benzene rings is 2. The largest absolute Gasteiger partial charge is 0.462 e. The van der Waals surface area contributed by atoms with Crippen LogP contribution in [0.2, 0.25) is 0 Å². The molecule has 1 saturated heterocycles. The predicted octanol–water partition coefficient (Wildman–Crippen LogP) is 3.86. The molecule has 0 radical (unpaired) electrons. The summed E-state index contributed by atoms with van der Waals surface area (Å²) < 4.78 is 10.8. The van der Waals surface area contributed by atoms with E-state index in [0.29, 0.717) is 12.2 Å². The fourth-order valence-electron chi connectivity index (χ4n) is 3.21. The van der Waals surface area contributed by atoms with Crippen molar-refractivity contribution in [3.05, 3.63) is 59.7 Å². The second-order valence-electron chi connectivity index (χ2n) is 6.94. The predicted molar refractivity (Wildman–Crippen MR) is 101 cm³/mol. The van der Waals surface area contributed by atoms with Gasteiger partial charge in [-0.15, -0.1) is 0 Å². The van der Waals surface area contributed by atoms with Gasteiger partial charge in [0.25, 0.3) is 0 Å². The van der Waals surface area contributed by atoms with Gasteiger partial charge in [0, 0.05) is 12.3 Å². The second kappa shape index (κ2) is 8.02. The topological polar surface area (TPSA) is 59.1 Å². The van der Waals surface area contributed by atoms with Crippen molar-refractivity contribution in [1.82, 2.24) is 0 Å². The van der Waals surface area contributed by atoms with Gasteiger partial charge in [0.1, 0.15) is 0 Å². The van der Waals surface area contributed by atoms with Crippen molar-refractivity contribution in [2.75, 3.05) is 6.61 Å². The van der Waals surface area contributed by atoms with Crippen molar-refractivity contribution in [2.24, 2.45) is 5.92 Å². The molecule has 1 aliphatic rings. The van der Waals surface area contributed by atoms with Crippen molar-refractivity contribution < 1.29 is 19.4 Å². The Morgan fingerprint density at radius 3 is 2.54 bits per heavy atom. The zero-order valence-electron chi connectivity index (χ0n) is 15.5. The molecule has 26 heavy (non-hydrogen) atoms. The smallest absolute Gasteiger partial charge is 0.338 e. The molecule has 0 spiro atoms. The lowest BCUT2D eigenvalue weighted by Gasteiger charge is -2.11. The number of carbonyl (C=O) groups excluding carboxylic acids is 1. The summed E-state index contributed by atoms with van der Waals surface area (Å²) in [4.78, 5) is 11.9. The standard InChI is InChI=1S/C22H26O4/c1-4-25-22(24)19-10-6-9-18(13-19)17-8-5-7-16(11-17)12-20-21(26-20)14(2)15(3)23/h5-11,13-15,20-21,23H,4,12H2,1-3H3/t14-,15-,20-,21-/m0/s1. The minimum Gasteiger partial charge on any atom is -0.462 e. The van der Waals surface area contributed by atoms with Crippen LogP contribution in [0.1, 0.15) is 36.7 Å². The van der Waals surface area contributed by atoms with Gasteiger partial charge >= 0.3 is 5.97 Å². The van der Waals surface area contributed by atoms with Crippen LogP contribution in [0.4, 0.5) is 0 Å². The van der Waals surface area contributed by atoms with Crippen LogP contribution >= 0.6 is 0 Å². The van der Waals surface area contributed by atoms with E-state index in [2.05, 4.69) is 12.1 Å². The molecule has 0 saturated carbocycles. The summed E-state index contributed by atoms with van der Waals surface area (Å²) in [6, 6.07) is 15.8. The van der Waals surface area contributed by atoms with E-state index >= 15 is 0 Å². The van der Waals surface area contributed by atoms with Crippen LogP contribution in [0.5, 0.6) is 0 Å². The summed E-state index contributed by atoms with van der Waals surface area (Å²) in [6.45, 7) is 6.00. The Labute approximate surface area is 154 Å². The number of hydrogen-bond acceptors (Lipinski definition) is 4. The van der Waals surface area contributed by atoms with Crippen molar-refractivity contribution in [1.29, 1.82) is 0 Å². The number of ether oxygens (including phenoxy) is 2. The molecule has 1 heterocycles. The SMILES string of the molecule is CCOC(=O)c1cccc(-c2cccc(C[C@@H]3O[C@H]3[C@@H](C)[C@H](C)O)c2)c1. The summed E-state index contributed by atoms with van der Waals surface area (Å²) in [7, 11) is 0. The molecular formula is C22H26O4. The fraction of sp³-hybridized carbons (Fsp3) is 0.409. The molecule has 1 fully saturated rings. The Balaban J connectivity index is 1.72. The molecule has 0 unspecified atom stereocenters. The van der Waals surface area contributed by atoms with E-state index in [1.165, 1.54) is 5.56 Å². The maximum Gasteiger partial charge on any atom is 0.338 e. The molecule has 0 amide bonds. The van der Waals surface area contributed by atoms with Gasteiger partial charge in [0.15, 0.2) is 0 Å². The van der Waals surface area contributed by atoms with E-state index in [4.69, 9.17) is 9.47 Å². The van der Waals surface area contributed by atoms with E-state index < -0.39 is 0 Å². The van der Waals surface area contributed by atoms with E-state index in [9.17, 15) is 9.90 Å². The maximum absolute atomic E-state index is 11.9. The summed E-state index contributed by atoms with van der Waals surface area (Å²) >= 11 is 0. The number of aliphatic hydroxyl groups is 1. The number of carbonyl (C=O) groups is 1. The molecule has 138 valence electrons. The normalized spacial score (nSPS) is 21.1. The first-order valence-corrected chi connectivity index (χ1v) is 9.19. The van der Waals surface area contributed by atoms with Gasteiger partial charge in [0.2, 0.25) is 0 Å².